The van der Waals surface area contributed by atoms with Gasteiger partial charge in [0.25, 0.3) is 0 Å². The highest BCUT2D eigenvalue weighted by Crippen LogP contribution is 2.29. The van der Waals surface area contributed by atoms with Crippen molar-refractivity contribution >= 4 is 10.0 Å². The van der Waals surface area contributed by atoms with Crippen molar-refractivity contribution in [3.05, 3.63) is 23.8 Å². The van der Waals surface area contributed by atoms with Crippen molar-refractivity contribution < 1.29 is 13.2 Å². The number of hydrogen-bond donors (Lipinski definition) is 0. The molecule has 1 rings (SSSR count). The molecule has 5 heteroatoms. The molecule has 1 aromatic carbocycles. The molecule has 0 heterocycles. The van der Waals surface area contributed by atoms with Crippen LogP contribution in [0.3, 0.4) is 0 Å². The Balaban J connectivity index is 3.24. The Bertz CT molecular complexity index is 538. The first-order chi connectivity index (χ1) is 9.34. The molecule has 0 radical (unpaired) electrons. The Labute approximate surface area is 122 Å². The van der Waals surface area contributed by atoms with Crippen LogP contribution in [0.4, 0.5) is 0 Å². The van der Waals surface area contributed by atoms with E-state index in [1.807, 2.05) is 26.8 Å². The molecule has 1 aromatic rings. The van der Waals surface area contributed by atoms with E-state index in [0.717, 1.165) is 18.4 Å². The standard InChI is InChI=1S/C15H25NO3S/c1-6-7-10-16(4)20(17,18)15-11-13(12(2)3)8-9-14(15)19-5/h8-9,11-12H,6-7,10H2,1-5H3. The average Bonchev–Trinajstić information content (AvgIpc) is 2.43. The zero-order chi connectivity index (χ0) is 15.3. The van der Waals surface area contributed by atoms with Gasteiger partial charge in [0.05, 0.1) is 7.11 Å². The summed E-state index contributed by atoms with van der Waals surface area (Å²) in [6, 6.07) is 5.37. The van der Waals surface area contributed by atoms with Gasteiger partial charge in [0.1, 0.15) is 10.6 Å². The van der Waals surface area contributed by atoms with Crippen molar-refractivity contribution in [2.24, 2.45) is 0 Å². The number of rotatable bonds is 7. The van der Waals surface area contributed by atoms with Gasteiger partial charge in [-0.1, -0.05) is 33.3 Å². The lowest BCUT2D eigenvalue weighted by Crippen LogP contribution is -2.28. The maximum Gasteiger partial charge on any atom is 0.246 e. The zero-order valence-electron chi connectivity index (χ0n) is 13.0. The molecule has 0 atom stereocenters. The molecule has 114 valence electrons. The average molecular weight is 299 g/mol. The highest BCUT2D eigenvalue weighted by atomic mass is 32.2. The Morgan fingerprint density at radius 3 is 2.45 bits per heavy atom. The fraction of sp³-hybridized carbons (Fsp3) is 0.600. The van der Waals surface area contributed by atoms with Gasteiger partial charge in [0.2, 0.25) is 10.0 Å². The van der Waals surface area contributed by atoms with Crippen LogP contribution < -0.4 is 4.74 Å². The minimum Gasteiger partial charge on any atom is -0.495 e. The van der Waals surface area contributed by atoms with Crippen molar-refractivity contribution in [2.75, 3.05) is 20.7 Å². The molecule has 0 fully saturated rings. The van der Waals surface area contributed by atoms with Gasteiger partial charge >= 0.3 is 0 Å². The van der Waals surface area contributed by atoms with Crippen LogP contribution in [-0.2, 0) is 10.0 Å². The van der Waals surface area contributed by atoms with Crippen molar-refractivity contribution in [2.45, 2.75) is 44.4 Å². The topological polar surface area (TPSA) is 46.6 Å². The number of nitrogens with zero attached hydrogens (tertiary/aromatic N) is 1. The third-order valence-electron chi connectivity index (χ3n) is 3.37. The van der Waals surface area contributed by atoms with Crippen LogP contribution in [0.1, 0.15) is 45.1 Å². The predicted molar refractivity (Wildman–Crippen MR) is 81.8 cm³/mol. The number of sulfonamides is 1. The molecule has 0 aliphatic carbocycles. The van der Waals surface area contributed by atoms with Gasteiger partial charge in [-0.05, 0) is 30.0 Å². The Morgan fingerprint density at radius 2 is 1.95 bits per heavy atom. The molecular weight excluding hydrogens is 274 g/mol. The summed E-state index contributed by atoms with van der Waals surface area (Å²) in [5, 5.41) is 0. The summed E-state index contributed by atoms with van der Waals surface area (Å²) in [5.74, 6) is 0.675. The van der Waals surface area contributed by atoms with Gasteiger partial charge in [-0.2, -0.15) is 0 Å². The SMILES string of the molecule is CCCCN(C)S(=O)(=O)c1cc(C(C)C)ccc1OC. The first-order valence-corrected chi connectivity index (χ1v) is 8.42. The van der Waals surface area contributed by atoms with Crippen molar-refractivity contribution in [1.29, 1.82) is 0 Å². The summed E-state index contributed by atoms with van der Waals surface area (Å²) >= 11 is 0. The predicted octanol–water partition coefficient (Wildman–Crippen LogP) is 3.24. The third kappa shape index (κ3) is 3.73. The van der Waals surface area contributed by atoms with E-state index in [1.54, 1.807) is 19.2 Å². The van der Waals surface area contributed by atoms with Crippen molar-refractivity contribution in [3.63, 3.8) is 0 Å². The first kappa shape index (κ1) is 17.0. The smallest absolute Gasteiger partial charge is 0.246 e. The van der Waals surface area contributed by atoms with Crippen LogP contribution in [0, 0.1) is 0 Å². The van der Waals surface area contributed by atoms with E-state index >= 15 is 0 Å². The van der Waals surface area contributed by atoms with Gasteiger partial charge in [0, 0.05) is 13.6 Å². The van der Waals surface area contributed by atoms with Crippen LogP contribution in [-0.4, -0.2) is 33.4 Å². The quantitative estimate of drug-likeness (QED) is 0.776. The van der Waals surface area contributed by atoms with Crippen LogP contribution in [0.2, 0.25) is 0 Å². The summed E-state index contributed by atoms with van der Waals surface area (Å²) < 4.78 is 31.9. The second-order valence-corrected chi connectivity index (χ2v) is 7.26. The summed E-state index contributed by atoms with van der Waals surface area (Å²) in [6.07, 6.45) is 1.81. The van der Waals surface area contributed by atoms with E-state index in [0.29, 0.717) is 12.3 Å². The molecule has 0 amide bonds. The highest BCUT2D eigenvalue weighted by molar-refractivity contribution is 7.89. The summed E-state index contributed by atoms with van der Waals surface area (Å²) in [7, 11) is -0.389. The molecule has 0 unspecified atom stereocenters. The molecule has 0 spiro atoms. The molecule has 4 nitrogen and oxygen atoms in total. The fourth-order valence-corrected chi connectivity index (χ4v) is 3.32. The monoisotopic (exact) mass is 299 g/mol. The maximum absolute atomic E-state index is 12.6. The lowest BCUT2D eigenvalue weighted by Gasteiger charge is -2.19. The van der Waals surface area contributed by atoms with Crippen molar-refractivity contribution in [1.82, 2.24) is 4.31 Å². The molecule has 0 aliphatic heterocycles. The van der Waals surface area contributed by atoms with Crippen LogP contribution in [0.5, 0.6) is 5.75 Å². The molecular formula is C15H25NO3S. The van der Waals surface area contributed by atoms with Gasteiger partial charge < -0.3 is 4.74 Å². The first-order valence-electron chi connectivity index (χ1n) is 6.98. The van der Waals surface area contributed by atoms with Crippen LogP contribution in [0.25, 0.3) is 0 Å². The zero-order valence-corrected chi connectivity index (χ0v) is 13.8. The van der Waals surface area contributed by atoms with E-state index in [9.17, 15) is 8.42 Å². The number of benzene rings is 1. The Hall–Kier alpha value is -1.07. The summed E-state index contributed by atoms with van der Waals surface area (Å²) in [5.41, 5.74) is 0.994. The Kier molecular flexibility index (Phi) is 6.02. The van der Waals surface area contributed by atoms with Crippen LogP contribution in [0.15, 0.2) is 23.1 Å². The number of unbranched alkanes of at least 4 members (excludes halogenated alkanes) is 1. The molecule has 0 bridgehead atoms. The van der Waals surface area contributed by atoms with Crippen molar-refractivity contribution in [3.8, 4) is 5.75 Å². The van der Waals surface area contributed by atoms with E-state index in [-0.39, 0.29) is 10.8 Å². The van der Waals surface area contributed by atoms with Crippen LogP contribution >= 0.6 is 0 Å². The van der Waals surface area contributed by atoms with Gasteiger partial charge in [0.15, 0.2) is 0 Å². The second kappa shape index (κ2) is 7.09. The van der Waals surface area contributed by atoms with Gasteiger partial charge in [-0.15, -0.1) is 0 Å². The fourth-order valence-electron chi connectivity index (χ4n) is 1.92. The van der Waals surface area contributed by atoms with Gasteiger partial charge in [-0.25, -0.2) is 12.7 Å². The minimum atomic E-state index is -3.50. The van der Waals surface area contributed by atoms with E-state index < -0.39 is 10.0 Å². The largest absolute Gasteiger partial charge is 0.495 e. The Morgan fingerprint density at radius 1 is 1.30 bits per heavy atom. The van der Waals surface area contributed by atoms with E-state index in [1.165, 1.54) is 11.4 Å². The second-order valence-electron chi connectivity index (χ2n) is 5.25. The molecule has 20 heavy (non-hydrogen) atoms. The summed E-state index contributed by atoms with van der Waals surface area (Å²) in [4.78, 5) is 0.254. The van der Waals surface area contributed by atoms with Gasteiger partial charge in [-0.3, -0.25) is 0 Å². The normalized spacial score (nSPS) is 12.2. The van der Waals surface area contributed by atoms with E-state index in [2.05, 4.69) is 0 Å². The lowest BCUT2D eigenvalue weighted by molar-refractivity contribution is 0.397. The third-order valence-corrected chi connectivity index (χ3v) is 5.25. The lowest BCUT2D eigenvalue weighted by atomic mass is 10.0. The number of methoxy groups -OCH3 is 1. The summed E-state index contributed by atoms with van der Waals surface area (Å²) in [6.45, 7) is 6.65. The molecule has 0 saturated carbocycles. The minimum absolute atomic E-state index is 0.254. The van der Waals surface area contributed by atoms with E-state index in [4.69, 9.17) is 4.74 Å². The molecule has 0 saturated heterocycles. The molecule has 0 N–H and O–H groups in total. The maximum atomic E-state index is 12.6. The number of hydrogen-bond acceptors (Lipinski definition) is 3. The highest BCUT2D eigenvalue weighted by Gasteiger charge is 2.25. The molecule has 0 aliphatic rings. The molecule has 0 aromatic heterocycles. The number of ether oxygens (including phenoxy) is 1.